The van der Waals surface area contributed by atoms with Crippen LogP contribution < -0.4 is 0 Å². The van der Waals surface area contributed by atoms with Crippen molar-refractivity contribution in [3.63, 3.8) is 0 Å². The number of phosphoric acid groups is 1. The molecule has 0 radical (unpaired) electrons. The lowest BCUT2D eigenvalue weighted by Crippen LogP contribution is -2.19. The van der Waals surface area contributed by atoms with E-state index in [2.05, 4.69) is 0 Å². The number of ether oxygens (including phenoxy) is 1. The summed E-state index contributed by atoms with van der Waals surface area (Å²) in [7, 11) is -3.53. The molecule has 0 saturated carbocycles. The number of hydrogen-bond acceptors (Lipinski definition) is 8. The topological polar surface area (TPSA) is 105 Å². The fourth-order valence-corrected chi connectivity index (χ4v) is 2.93. The van der Waals surface area contributed by atoms with E-state index >= 15 is 0 Å². The first-order valence-corrected chi connectivity index (χ1v) is 9.06. The molecule has 9 heteroatoms. The van der Waals surface area contributed by atoms with Gasteiger partial charge in [0.2, 0.25) is 0 Å². The zero-order valence-corrected chi connectivity index (χ0v) is 14.6. The molecule has 0 fully saturated rings. The Morgan fingerprint density at radius 2 is 1.62 bits per heavy atom. The highest BCUT2D eigenvalue weighted by Crippen LogP contribution is 2.49. The molecular weight excluding hydrogens is 339 g/mol. The van der Waals surface area contributed by atoms with Gasteiger partial charge in [-0.2, -0.15) is 0 Å². The third-order valence-electron chi connectivity index (χ3n) is 2.77. The first-order chi connectivity index (χ1) is 11.4. The van der Waals surface area contributed by atoms with Gasteiger partial charge in [-0.1, -0.05) is 0 Å². The number of rotatable bonds is 11. The largest absolute Gasteiger partial charge is 0.474 e. The molecular formula is C15H21O8P. The number of ketones is 2. The zero-order chi connectivity index (χ0) is 18.0. The van der Waals surface area contributed by atoms with Gasteiger partial charge in [0.25, 0.3) is 0 Å². The van der Waals surface area contributed by atoms with Crippen LogP contribution in [0, 0.1) is 0 Å². The summed E-state index contributed by atoms with van der Waals surface area (Å²) in [5.41, 5.74) is -0.282. The van der Waals surface area contributed by atoms with E-state index in [9.17, 15) is 18.9 Å². The van der Waals surface area contributed by atoms with E-state index in [-0.39, 0.29) is 32.0 Å². The van der Waals surface area contributed by atoms with E-state index < -0.39 is 25.4 Å². The lowest BCUT2D eigenvalue weighted by Gasteiger charge is -2.16. The second-order valence-corrected chi connectivity index (χ2v) is 6.29. The van der Waals surface area contributed by atoms with Crippen LogP contribution in [0.2, 0.25) is 0 Å². The predicted octanol–water partition coefficient (Wildman–Crippen LogP) is 2.14. The molecule has 0 aromatic heterocycles. The normalized spacial score (nSPS) is 14.7. The quantitative estimate of drug-likeness (QED) is 0.181. The van der Waals surface area contributed by atoms with Crippen LogP contribution in [0.3, 0.4) is 0 Å². The Labute approximate surface area is 140 Å². The molecule has 1 aliphatic rings. The molecule has 0 aromatic carbocycles. The van der Waals surface area contributed by atoms with Gasteiger partial charge < -0.3 is 4.74 Å². The van der Waals surface area contributed by atoms with Crippen LogP contribution in [-0.4, -0.2) is 44.0 Å². The van der Waals surface area contributed by atoms with E-state index in [0.29, 0.717) is 12.8 Å². The standard InChI is InChI=1S/C15H21O8P/c1-3-21-24(19,22-4-2)23-10-6-5-9-20-15(18)13-11-12(16)7-8-14(13)17/h7-8,11H,3-6,9-10H2,1-2H3. The minimum absolute atomic E-state index is 0.0400. The molecule has 1 rings (SSSR count). The van der Waals surface area contributed by atoms with Crippen LogP contribution in [0.1, 0.15) is 26.7 Å². The molecule has 134 valence electrons. The van der Waals surface area contributed by atoms with Gasteiger partial charge in [0.1, 0.15) is 5.57 Å². The average Bonchev–Trinajstić information content (AvgIpc) is 2.53. The fraction of sp³-hybridized carbons (Fsp3) is 0.533. The highest BCUT2D eigenvalue weighted by molar-refractivity contribution is 7.48. The van der Waals surface area contributed by atoms with Gasteiger partial charge in [0.15, 0.2) is 11.6 Å². The summed E-state index contributed by atoms with van der Waals surface area (Å²) in [4.78, 5) is 34.3. The molecule has 0 N–H and O–H groups in total. The van der Waals surface area contributed by atoms with Crippen LogP contribution in [0.15, 0.2) is 23.8 Å². The SMILES string of the molecule is CCOP(=O)(OCC)OCCCCOC(=O)C1=CC(=O)C=CC1=O. The summed E-state index contributed by atoms with van der Waals surface area (Å²) in [6, 6.07) is 0. The molecule has 0 aromatic rings. The van der Waals surface area contributed by atoms with E-state index in [1.54, 1.807) is 13.8 Å². The molecule has 0 heterocycles. The molecule has 0 atom stereocenters. The third-order valence-corrected chi connectivity index (χ3v) is 4.41. The number of phosphoric ester groups is 1. The van der Waals surface area contributed by atoms with Crippen molar-refractivity contribution in [2.75, 3.05) is 26.4 Å². The molecule has 8 nitrogen and oxygen atoms in total. The summed E-state index contributed by atoms with van der Waals surface area (Å²) in [5.74, 6) is -1.83. The highest BCUT2D eigenvalue weighted by Gasteiger charge is 2.25. The van der Waals surface area contributed by atoms with Crippen molar-refractivity contribution in [2.24, 2.45) is 0 Å². The summed E-state index contributed by atoms with van der Waals surface area (Å²) in [5, 5.41) is 0. The lowest BCUT2D eigenvalue weighted by molar-refractivity contribution is -0.140. The fourth-order valence-electron chi connectivity index (χ4n) is 1.72. The summed E-state index contributed by atoms with van der Waals surface area (Å²) in [6.45, 7) is 3.90. The van der Waals surface area contributed by atoms with E-state index in [1.165, 1.54) is 0 Å². The van der Waals surface area contributed by atoms with Crippen LogP contribution in [0.5, 0.6) is 0 Å². The molecule has 0 saturated heterocycles. The molecule has 0 amide bonds. The minimum atomic E-state index is -3.53. The average molecular weight is 360 g/mol. The number of esters is 1. The Kier molecular flexibility index (Phi) is 8.78. The number of carbonyl (C=O) groups excluding carboxylic acids is 3. The summed E-state index contributed by atoms with van der Waals surface area (Å²) >= 11 is 0. The lowest BCUT2D eigenvalue weighted by atomic mass is 10.0. The Morgan fingerprint density at radius 1 is 1.00 bits per heavy atom. The summed E-state index contributed by atoms with van der Waals surface area (Å²) < 4.78 is 32.0. The Bertz CT molecular complexity index is 568. The van der Waals surface area contributed by atoms with Gasteiger partial charge >= 0.3 is 13.8 Å². The molecule has 1 aliphatic carbocycles. The van der Waals surface area contributed by atoms with Gasteiger partial charge in [-0.25, -0.2) is 9.36 Å². The monoisotopic (exact) mass is 360 g/mol. The number of hydrogen-bond donors (Lipinski definition) is 0. The van der Waals surface area contributed by atoms with Gasteiger partial charge in [-0.3, -0.25) is 23.2 Å². The smallest absolute Gasteiger partial charge is 0.462 e. The van der Waals surface area contributed by atoms with E-state index in [4.69, 9.17) is 18.3 Å². The molecule has 0 unspecified atom stereocenters. The second kappa shape index (κ2) is 10.3. The van der Waals surface area contributed by atoms with Gasteiger partial charge in [-0.05, 0) is 38.8 Å². The Morgan fingerprint density at radius 3 is 2.25 bits per heavy atom. The Hall–Kier alpha value is -1.60. The first-order valence-electron chi connectivity index (χ1n) is 7.60. The summed E-state index contributed by atoms with van der Waals surface area (Å²) in [6.07, 6.45) is 3.95. The predicted molar refractivity (Wildman–Crippen MR) is 84.2 cm³/mol. The number of allylic oxidation sites excluding steroid dienone is 3. The van der Waals surface area contributed by atoms with Gasteiger partial charge in [-0.15, -0.1) is 0 Å². The molecule has 0 bridgehead atoms. The highest BCUT2D eigenvalue weighted by atomic mass is 31.2. The van der Waals surface area contributed by atoms with Crippen molar-refractivity contribution in [3.05, 3.63) is 23.8 Å². The molecule has 24 heavy (non-hydrogen) atoms. The Balaban J connectivity index is 2.26. The van der Waals surface area contributed by atoms with Crippen LogP contribution in [-0.2, 0) is 37.3 Å². The van der Waals surface area contributed by atoms with Crippen molar-refractivity contribution in [3.8, 4) is 0 Å². The maximum absolute atomic E-state index is 12.0. The number of unbranched alkanes of at least 4 members (excludes halogenated alkanes) is 1. The van der Waals surface area contributed by atoms with Crippen molar-refractivity contribution < 1.29 is 37.3 Å². The maximum Gasteiger partial charge on any atom is 0.474 e. The van der Waals surface area contributed by atoms with Crippen LogP contribution in [0.4, 0.5) is 0 Å². The minimum Gasteiger partial charge on any atom is -0.462 e. The van der Waals surface area contributed by atoms with Crippen LogP contribution >= 0.6 is 7.82 Å². The van der Waals surface area contributed by atoms with E-state index in [0.717, 1.165) is 18.2 Å². The van der Waals surface area contributed by atoms with Gasteiger partial charge in [0, 0.05) is 6.08 Å². The van der Waals surface area contributed by atoms with Crippen molar-refractivity contribution in [2.45, 2.75) is 26.7 Å². The molecule has 0 spiro atoms. The number of carbonyl (C=O) groups is 3. The van der Waals surface area contributed by atoms with Crippen molar-refractivity contribution in [1.82, 2.24) is 0 Å². The molecule has 0 aliphatic heterocycles. The third kappa shape index (κ3) is 6.88. The second-order valence-electron chi connectivity index (χ2n) is 4.62. The zero-order valence-electron chi connectivity index (χ0n) is 13.7. The van der Waals surface area contributed by atoms with Crippen molar-refractivity contribution in [1.29, 1.82) is 0 Å². The van der Waals surface area contributed by atoms with Crippen LogP contribution in [0.25, 0.3) is 0 Å². The van der Waals surface area contributed by atoms with Crippen molar-refractivity contribution >= 4 is 25.4 Å². The first kappa shape index (κ1) is 20.4. The van der Waals surface area contributed by atoms with Gasteiger partial charge in [0.05, 0.1) is 26.4 Å². The van der Waals surface area contributed by atoms with E-state index in [1.807, 2.05) is 0 Å². The maximum atomic E-state index is 12.0.